The van der Waals surface area contributed by atoms with E-state index < -0.39 is 6.10 Å². The van der Waals surface area contributed by atoms with Gasteiger partial charge >= 0.3 is 0 Å². The molecule has 4 nitrogen and oxygen atoms in total. The molecule has 2 aliphatic heterocycles. The lowest BCUT2D eigenvalue weighted by atomic mass is 9.89. The van der Waals surface area contributed by atoms with Crippen LogP contribution in [0.4, 0.5) is 0 Å². The van der Waals surface area contributed by atoms with Crippen molar-refractivity contribution in [3.63, 3.8) is 0 Å². The molecule has 4 aromatic rings. The maximum absolute atomic E-state index is 10.8. The van der Waals surface area contributed by atoms with Gasteiger partial charge in [0.2, 0.25) is 0 Å². The highest BCUT2D eigenvalue weighted by Gasteiger charge is 2.42. The molecule has 166 valence electrons. The van der Waals surface area contributed by atoms with Crippen molar-refractivity contribution in [2.45, 2.75) is 56.7 Å². The SMILES string of the molecule is Cc1ccc2cc(C3CC4CCC(C3)N4C[C@H](O)COc3cccc4occc34)sc2c1. The molecular weight excluding hydrogens is 418 g/mol. The van der Waals surface area contributed by atoms with E-state index in [0.717, 1.165) is 16.7 Å². The largest absolute Gasteiger partial charge is 0.490 e. The number of hydrogen-bond donors (Lipinski definition) is 1. The van der Waals surface area contributed by atoms with Gasteiger partial charge in [0.15, 0.2) is 0 Å². The zero-order chi connectivity index (χ0) is 21.7. The number of furan rings is 1. The van der Waals surface area contributed by atoms with Crippen LogP contribution in [0.2, 0.25) is 0 Å². The predicted octanol–water partition coefficient (Wildman–Crippen LogP) is 6.11. The minimum Gasteiger partial charge on any atom is -0.490 e. The molecule has 32 heavy (non-hydrogen) atoms. The minimum atomic E-state index is -0.496. The van der Waals surface area contributed by atoms with Gasteiger partial charge in [-0.15, -0.1) is 11.3 Å². The Bertz CT molecular complexity index is 1230. The molecule has 2 fully saturated rings. The molecule has 2 bridgehead atoms. The number of benzene rings is 2. The summed E-state index contributed by atoms with van der Waals surface area (Å²) in [5.74, 6) is 1.42. The van der Waals surface area contributed by atoms with Crippen LogP contribution in [-0.2, 0) is 0 Å². The second-order valence-electron chi connectivity index (χ2n) is 9.49. The topological polar surface area (TPSA) is 45.8 Å². The van der Waals surface area contributed by atoms with Crippen molar-refractivity contribution in [3.05, 3.63) is 65.2 Å². The van der Waals surface area contributed by atoms with Gasteiger partial charge in [-0.3, -0.25) is 4.90 Å². The summed E-state index contributed by atoms with van der Waals surface area (Å²) in [5, 5.41) is 13.1. The fourth-order valence-corrected chi connectivity index (χ4v) is 7.03. The average molecular weight is 448 g/mol. The Labute approximate surface area is 192 Å². The zero-order valence-electron chi connectivity index (χ0n) is 18.4. The molecular formula is C27H29NO3S. The molecule has 0 aliphatic carbocycles. The highest BCUT2D eigenvalue weighted by Crippen LogP contribution is 2.45. The molecule has 2 saturated heterocycles. The van der Waals surface area contributed by atoms with Crippen LogP contribution in [0.25, 0.3) is 21.1 Å². The van der Waals surface area contributed by atoms with Gasteiger partial charge in [-0.1, -0.05) is 18.2 Å². The number of thiophene rings is 1. The number of nitrogens with zero attached hydrogens (tertiary/aromatic N) is 1. The molecule has 2 aromatic heterocycles. The molecule has 0 radical (unpaired) electrons. The summed E-state index contributed by atoms with van der Waals surface area (Å²) in [6.07, 6.45) is 6.06. The van der Waals surface area contributed by atoms with E-state index in [9.17, 15) is 5.11 Å². The molecule has 4 heterocycles. The number of aliphatic hydroxyl groups is 1. The predicted molar refractivity (Wildman–Crippen MR) is 130 cm³/mol. The molecule has 6 rings (SSSR count). The number of hydrogen-bond acceptors (Lipinski definition) is 5. The van der Waals surface area contributed by atoms with Crippen molar-refractivity contribution in [2.75, 3.05) is 13.2 Å². The smallest absolute Gasteiger partial charge is 0.137 e. The second-order valence-corrected chi connectivity index (χ2v) is 10.6. The highest BCUT2D eigenvalue weighted by molar-refractivity contribution is 7.19. The van der Waals surface area contributed by atoms with Crippen LogP contribution in [0, 0.1) is 6.92 Å². The first kappa shape index (κ1) is 20.3. The van der Waals surface area contributed by atoms with Crippen molar-refractivity contribution < 1.29 is 14.3 Å². The Kier molecular flexibility index (Phi) is 5.21. The Morgan fingerprint density at radius 2 is 1.97 bits per heavy atom. The van der Waals surface area contributed by atoms with Gasteiger partial charge in [0.1, 0.15) is 24.0 Å². The Balaban J connectivity index is 1.10. The van der Waals surface area contributed by atoms with E-state index >= 15 is 0 Å². The Hall–Kier alpha value is -2.34. The van der Waals surface area contributed by atoms with Crippen LogP contribution in [-0.4, -0.2) is 41.3 Å². The van der Waals surface area contributed by atoms with Gasteiger partial charge in [0.25, 0.3) is 0 Å². The monoisotopic (exact) mass is 447 g/mol. The Morgan fingerprint density at radius 1 is 1.12 bits per heavy atom. The molecule has 1 N–H and O–H groups in total. The van der Waals surface area contributed by atoms with E-state index in [-0.39, 0.29) is 0 Å². The molecule has 5 heteroatoms. The first-order valence-corrected chi connectivity index (χ1v) is 12.5. The summed E-state index contributed by atoms with van der Waals surface area (Å²) in [5.41, 5.74) is 2.15. The molecule has 0 saturated carbocycles. The fourth-order valence-electron chi connectivity index (χ4n) is 5.74. The van der Waals surface area contributed by atoms with Crippen LogP contribution in [0.5, 0.6) is 5.75 Å². The maximum Gasteiger partial charge on any atom is 0.137 e. The summed E-state index contributed by atoms with van der Waals surface area (Å²) in [7, 11) is 0. The quantitative estimate of drug-likeness (QED) is 0.388. The van der Waals surface area contributed by atoms with Crippen molar-refractivity contribution in [1.82, 2.24) is 4.90 Å². The number of aryl methyl sites for hydroxylation is 1. The minimum absolute atomic E-state index is 0.305. The maximum atomic E-state index is 10.8. The summed E-state index contributed by atoms with van der Waals surface area (Å²) in [4.78, 5) is 4.10. The van der Waals surface area contributed by atoms with E-state index in [4.69, 9.17) is 9.15 Å². The summed E-state index contributed by atoms with van der Waals surface area (Å²) in [6, 6.07) is 18.0. The molecule has 3 atom stereocenters. The normalized spacial score (nSPS) is 24.4. The van der Waals surface area contributed by atoms with Crippen molar-refractivity contribution in [3.8, 4) is 5.75 Å². The highest BCUT2D eigenvalue weighted by atomic mass is 32.1. The van der Waals surface area contributed by atoms with E-state index in [2.05, 4.69) is 36.1 Å². The summed E-state index contributed by atoms with van der Waals surface area (Å²) < 4.78 is 12.8. The van der Waals surface area contributed by atoms with E-state index in [1.807, 2.05) is 35.6 Å². The number of ether oxygens (including phenoxy) is 1. The third kappa shape index (κ3) is 3.72. The first-order valence-electron chi connectivity index (χ1n) is 11.7. The molecule has 2 unspecified atom stereocenters. The number of piperidine rings is 1. The average Bonchev–Trinajstić information content (AvgIpc) is 3.48. The van der Waals surface area contributed by atoms with Crippen LogP contribution in [0.15, 0.2) is 59.2 Å². The van der Waals surface area contributed by atoms with Gasteiger partial charge in [0, 0.05) is 28.2 Å². The van der Waals surface area contributed by atoms with Crippen LogP contribution in [0.1, 0.15) is 42.0 Å². The number of aliphatic hydroxyl groups excluding tert-OH is 1. The van der Waals surface area contributed by atoms with Gasteiger partial charge in [-0.05, 0) is 79.8 Å². The molecule has 0 spiro atoms. The van der Waals surface area contributed by atoms with Gasteiger partial charge < -0.3 is 14.3 Å². The van der Waals surface area contributed by atoms with Crippen molar-refractivity contribution in [1.29, 1.82) is 0 Å². The molecule has 0 amide bonds. The lowest BCUT2D eigenvalue weighted by Gasteiger charge is -2.39. The molecule has 2 aliphatic rings. The first-order chi connectivity index (χ1) is 15.6. The number of rotatable bonds is 6. The van der Waals surface area contributed by atoms with E-state index in [1.165, 1.54) is 41.3 Å². The van der Waals surface area contributed by atoms with Crippen LogP contribution < -0.4 is 4.74 Å². The van der Waals surface area contributed by atoms with Gasteiger partial charge in [-0.25, -0.2) is 0 Å². The fraction of sp³-hybridized carbons (Fsp3) is 0.407. The third-order valence-electron chi connectivity index (χ3n) is 7.29. The van der Waals surface area contributed by atoms with Gasteiger partial charge in [-0.2, -0.15) is 0 Å². The summed E-state index contributed by atoms with van der Waals surface area (Å²) >= 11 is 1.98. The molecule has 2 aromatic carbocycles. The standard InChI is InChI=1S/C27H29NO3S/c1-17-5-6-18-14-27(32-26(18)11-17)19-12-20-7-8-21(13-19)28(20)15-22(29)16-31-25-4-2-3-24-23(25)9-10-30-24/h2-6,9-11,14,19-22,29H,7-8,12-13,15-16H2,1H3/t19?,20?,21?,22-/m0/s1. The second kappa shape index (κ2) is 8.22. The lowest BCUT2D eigenvalue weighted by Crippen LogP contribution is -2.47. The zero-order valence-corrected chi connectivity index (χ0v) is 19.2. The van der Waals surface area contributed by atoms with Crippen molar-refractivity contribution in [2.24, 2.45) is 0 Å². The third-order valence-corrected chi connectivity index (χ3v) is 8.55. The van der Waals surface area contributed by atoms with Crippen molar-refractivity contribution >= 4 is 32.4 Å². The van der Waals surface area contributed by atoms with Crippen LogP contribution >= 0.6 is 11.3 Å². The van der Waals surface area contributed by atoms with E-state index in [0.29, 0.717) is 31.2 Å². The Morgan fingerprint density at radius 3 is 2.81 bits per heavy atom. The van der Waals surface area contributed by atoms with E-state index in [1.54, 1.807) is 11.1 Å². The van der Waals surface area contributed by atoms with Gasteiger partial charge in [0.05, 0.1) is 11.6 Å². The van der Waals surface area contributed by atoms with Crippen LogP contribution in [0.3, 0.4) is 0 Å². The number of fused-ring (bicyclic) bond motifs is 4. The summed E-state index contributed by atoms with van der Waals surface area (Å²) in [6.45, 7) is 3.16. The lowest BCUT2D eigenvalue weighted by molar-refractivity contribution is 0.0323.